The lowest BCUT2D eigenvalue weighted by Gasteiger charge is -2.20. The van der Waals surface area contributed by atoms with Gasteiger partial charge >= 0.3 is 24.4 Å². The van der Waals surface area contributed by atoms with Crippen molar-refractivity contribution in [2.24, 2.45) is 10.9 Å². The number of nitrogens with one attached hydrogen (secondary N) is 4. The van der Waals surface area contributed by atoms with E-state index in [9.17, 15) is 32.8 Å². The molecule has 4 rings (SSSR count). The number of hydrogen-bond donors (Lipinski definition) is 5. The third-order valence-corrected chi connectivity index (χ3v) is 7.55. The van der Waals surface area contributed by atoms with Crippen LogP contribution >= 0.6 is 23.2 Å². The van der Waals surface area contributed by atoms with Gasteiger partial charge in [0.2, 0.25) is 0 Å². The Kier molecular flexibility index (Phi) is 17.6. The van der Waals surface area contributed by atoms with Crippen molar-refractivity contribution in [2.45, 2.75) is 92.6 Å². The highest BCUT2D eigenvalue weighted by atomic mass is 35.5. The summed E-state index contributed by atoms with van der Waals surface area (Å²) in [6, 6.07) is 2.56. The van der Waals surface area contributed by atoms with Crippen LogP contribution in [0.3, 0.4) is 0 Å². The standard InChI is InChI=1S/C18H23ClFN3O5.C13H13ClFNO4.C5H12N2O2/c1-6-26-15-10(9(2)22-23-17(25)28-18(3,4)5)7-11(19)14(20)13(15)12-8-21-16(24)27-12;1-3-19-12-7(6(2)17)4-8(14)11(15)10(12)9-5-16-13(18)20-9;1-5(2,3)9-4(8)7-6/h7,12H,6,8H2,1-5H3,(H,21,24)(H,23,25);4,9H,3,5H2,1-2H3,(H,16,18);6H2,1-3H3,(H,7,8)/b22-9+;;/t12-;9-;/m00./s1. The molecule has 316 valence electrons. The summed E-state index contributed by atoms with van der Waals surface area (Å²) >= 11 is 11.8. The summed E-state index contributed by atoms with van der Waals surface area (Å²) in [4.78, 5) is 56.3. The van der Waals surface area contributed by atoms with E-state index in [2.05, 4.69) is 21.2 Å². The molecule has 57 heavy (non-hydrogen) atoms. The second kappa shape index (κ2) is 20.9. The van der Waals surface area contributed by atoms with Crippen molar-refractivity contribution in [2.75, 3.05) is 26.3 Å². The van der Waals surface area contributed by atoms with Crippen molar-refractivity contribution < 1.29 is 61.2 Å². The molecule has 2 heterocycles. The van der Waals surface area contributed by atoms with Crippen LogP contribution in [0.1, 0.15) is 108 Å². The number of carbonyl (C=O) groups is 5. The number of cyclic esters (lactones) is 2. The first-order chi connectivity index (χ1) is 26.4. The lowest BCUT2D eigenvalue weighted by Crippen LogP contribution is -2.36. The zero-order chi connectivity index (χ0) is 43.4. The van der Waals surface area contributed by atoms with Gasteiger partial charge in [-0.25, -0.2) is 39.2 Å². The third-order valence-electron chi connectivity index (χ3n) is 7.00. The molecule has 17 nitrogen and oxygen atoms in total. The molecule has 21 heteroatoms. The van der Waals surface area contributed by atoms with Gasteiger partial charge in [0.25, 0.3) is 0 Å². The maximum absolute atomic E-state index is 14.7. The van der Waals surface area contributed by atoms with Gasteiger partial charge < -0.3 is 39.1 Å². The molecule has 0 unspecified atom stereocenters. The average Bonchev–Trinajstić information content (AvgIpc) is 3.73. The Morgan fingerprint density at radius 2 is 1.21 bits per heavy atom. The maximum atomic E-state index is 14.7. The smallest absolute Gasteiger partial charge is 0.428 e. The first-order valence-electron chi connectivity index (χ1n) is 17.4. The molecular formula is C36H48Cl2F2N6O11. The number of amides is 4. The molecule has 0 bridgehead atoms. The SMILES string of the molecule is CC(C)(C)OC(=O)NN.CCOc1c(/C(C)=N/NC(=O)OC(C)(C)C)cc(Cl)c(F)c1[C@@H]1CNC(=O)O1.CCOc1c(C(C)=O)cc(Cl)c(F)c1[C@@H]1CNC(=O)O1. The summed E-state index contributed by atoms with van der Waals surface area (Å²) < 4.78 is 59.9. The molecule has 2 atom stereocenters. The molecule has 2 aromatic rings. The van der Waals surface area contributed by atoms with Crippen LogP contribution in [0.25, 0.3) is 0 Å². The van der Waals surface area contributed by atoms with Crippen molar-refractivity contribution >= 4 is 59.1 Å². The predicted octanol–water partition coefficient (Wildman–Crippen LogP) is 7.15. The maximum Gasteiger partial charge on any atom is 0.428 e. The lowest BCUT2D eigenvalue weighted by atomic mass is 10.0. The Labute approximate surface area is 338 Å². The van der Waals surface area contributed by atoms with E-state index in [1.54, 1.807) is 62.3 Å². The Balaban J connectivity index is 0.000000335. The number of nitrogens with zero attached hydrogens (tertiary/aromatic N) is 1. The van der Waals surface area contributed by atoms with Gasteiger partial charge in [-0.15, -0.1) is 0 Å². The zero-order valence-electron chi connectivity index (χ0n) is 33.2. The molecule has 2 aliphatic heterocycles. The van der Waals surface area contributed by atoms with Crippen LogP contribution in [0.15, 0.2) is 17.2 Å². The van der Waals surface area contributed by atoms with Gasteiger partial charge in [0.05, 0.1) is 58.8 Å². The molecular weight excluding hydrogens is 801 g/mol. The van der Waals surface area contributed by atoms with E-state index in [0.717, 1.165) is 0 Å². The van der Waals surface area contributed by atoms with Crippen LogP contribution in [0, 0.1) is 11.6 Å². The first-order valence-corrected chi connectivity index (χ1v) is 18.1. The lowest BCUT2D eigenvalue weighted by molar-refractivity contribution is 0.0517. The number of halogens is 4. The minimum Gasteiger partial charge on any atom is -0.493 e. The van der Waals surface area contributed by atoms with Gasteiger partial charge in [-0.1, -0.05) is 23.2 Å². The van der Waals surface area contributed by atoms with Crippen molar-refractivity contribution in [1.29, 1.82) is 0 Å². The monoisotopic (exact) mass is 848 g/mol. The molecule has 2 aliphatic rings. The van der Waals surface area contributed by atoms with Gasteiger partial charge in [0, 0.05) is 5.56 Å². The second-order valence-corrected chi connectivity index (χ2v) is 14.7. The molecule has 0 aliphatic carbocycles. The number of hydrogen-bond acceptors (Lipinski definition) is 13. The Bertz CT molecular complexity index is 1850. The second-order valence-electron chi connectivity index (χ2n) is 13.9. The summed E-state index contributed by atoms with van der Waals surface area (Å²) in [5.74, 6) is 3.16. The van der Waals surface area contributed by atoms with Gasteiger partial charge in [-0.2, -0.15) is 5.10 Å². The molecule has 2 aromatic carbocycles. The number of hydrazone groups is 1. The molecule has 4 amide bonds. The van der Waals surface area contributed by atoms with Gasteiger partial charge in [-0.05, 0) is 81.4 Å². The summed E-state index contributed by atoms with van der Waals surface area (Å²) in [6.07, 6.45) is -4.44. The Morgan fingerprint density at radius 3 is 1.54 bits per heavy atom. The largest absolute Gasteiger partial charge is 0.493 e. The van der Waals surface area contributed by atoms with Crippen molar-refractivity contribution in [3.05, 3.63) is 56.1 Å². The zero-order valence-corrected chi connectivity index (χ0v) is 34.7. The number of nitrogens with two attached hydrogens (primary N) is 1. The quantitative estimate of drug-likeness (QED) is 0.0423. The minimum atomic E-state index is -0.905. The van der Waals surface area contributed by atoms with E-state index in [4.69, 9.17) is 57.5 Å². The van der Waals surface area contributed by atoms with E-state index in [1.807, 2.05) is 5.43 Å². The van der Waals surface area contributed by atoms with E-state index in [1.165, 1.54) is 19.1 Å². The van der Waals surface area contributed by atoms with E-state index in [0.29, 0.717) is 11.3 Å². The van der Waals surface area contributed by atoms with Gasteiger partial charge in [0.1, 0.15) is 22.7 Å². The molecule has 0 radical (unpaired) electrons. The number of carbonyl (C=O) groups excluding carboxylic acids is 5. The highest BCUT2D eigenvalue weighted by Crippen LogP contribution is 2.40. The molecule has 0 saturated carbocycles. The first kappa shape index (κ1) is 48.0. The number of ketones is 1. The average molecular weight is 850 g/mol. The number of ether oxygens (including phenoxy) is 6. The van der Waals surface area contributed by atoms with Crippen LogP contribution in [0.5, 0.6) is 11.5 Å². The highest BCUT2D eigenvalue weighted by molar-refractivity contribution is 6.31. The normalized spacial score (nSPS) is 16.2. The molecule has 6 N–H and O–H groups in total. The number of alkyl carbamates (subject to hydrolysis) is 2. The van der Waals surface area contributed by atoms with E-state index < -0.39 is 59.4 Å². The molecule has 0 aromatic heterocycles. The molecule has 0 spiro atoms. The summed E-state index contributed by atoms with van der Waals surface area (Å²) in [5.41, 5.74) is 3.79. The van der Waals surface area contributed by atoms with Crippen LogP contribution in [0.2, 0.25) is 10.0 Å². The van der Waals surface area contributed by atoms with Gasteiger partial charge in [-0.3, -0.25) is 10.2 Å². The van der Waals surface area contributed by atoms with Crippen LogP contribution in [-0.2, 0) is 18.9 Å². The molecule has 2 fully saturated rings. The van der Waals surface area contributed by atoms with Crippen molar-refractivity contribution in [3.63, 3.8) is 0 Å². The Morgan fingerprint density at radius 1 is 0.807 bits per heavy atom. The number of Topliss-reactive ketones (excluding diaryl/α,β-unsaturated/α-hetero) is 1. The third kappa shape index (κ3) is 14.4. The number of hydrazine groups is 1. The minimum absolute atomic E-state index is 0.00881. The number of rotatable bonds is 9. The summed E-state index contributed by atoms with van der Waals surface area (Å²) in [5, 5.41) is 8.47. The molecule has 2 saturated heterocycles. The number of benzene rings is 2. The van der Waals surface area contributed by atoms with E-state index >= 15 is 0 Å². The predicted molar refractivity (Wildman–Crippen MR) is 205 cm³/mol. The topological polar surface area (TPSA) is 227 Å². The fraction of sp³-hybridized carbons (Fsp3) is 0.500. The fourth-order valence-electron chi connectivity index (χ4n) is 4.86. The van der Waals surface area contributed by atoms with Crippen LogP contribution in [0.4, 0.5) is 28.0 Å². The van der Waals surface area contributed by atoms with Crippen LogP contribution < -0.4 is 36.8 Å². The van der Waals surface area contributed by atoms with Gasteiger partial charge in [0.15, 0.2) is 29.6 Å². The fourth-order valence-corrected chi connectivity index (χ4v) is 5.28. The van der Waals surface area contributed by atoms with Crippen molar-refractivity contribution in [1.82, 2.24) is 21.5 Å². The van der Waals surface area contributed by atoms with Crippen LogP contribution in [-0.4, -0.2) is 73.4 Å². The Hall–Kier alpha value is -5.14. The van der Waals surface area contributed by atoms with Crippen molar-refractivity contribution in [3.8, 4) is 11.5 Å². The summed E-state index contributed by atoms with van der Waals surface area (Å²) in [6.45, 7) is 17.4. The summed E-state index contributed by atoms with van der Waals surface area (Å²) in [7, 11) is 0. The van der Waals surface area contributed by atoms with E-state index in [-0.39, 0.29) is 70.3 Å². The highest BCUT2D eigenvalue weighted by Gasteiger charge is 2.35.